The molecule has 3 aromatic carbocycles. The van der Waals surface area contributed by atoms with E-state index in [9.17, 15) is 58.2 Å². The number of pyridine rings is 1. The van der Waals surface area contributed by atoms with Gasteiger partial charge in [0.05, 0.1) is 34.7 Å². The fraction of sp³-hybridized carbons (Fsp3) is 0.519. The molecule has 3 aromatic heterocycles. The molecule has 2 bridgehead atoms. The summed E-state index contributed by atoms with van der Waals surface area (Å²) in [5.74, 6) is -4.29. The quantitative estimate of drug-likeness (QED) is 0.0144. The predicted molar refractivity (Wildman–Crippen MR) is 412 cm³/mol. The Kier molecular flexibility index (Phi) is 26.2. The van der Waals surface area contributed by atoms with Gasteiger partial charge in [-0.2, -0.15) is 5.10 Å². The number of urea groups is 1. The fourth-order valence-electron chi connectivity index (χ4n) is 17.6. The van der Waals surface area contributed by atoms with E-state index in [-0.39, 0.29) is 103 Å². The van der Waals surface area contributed by atoms with Crippen LogP contribution in [0.15, 0.2) is 97.2 Å². The summed E-state index contributed by atoms with van der Waals surface area (Å²) in [5, 5.41) is 37.2. The molecule has 582 valence electrons. The van der Waals surface area contributed by atoms with Gasteiger partial charge >= 0.3 is 24.1 Å². The Balaban J connectivity index is 0.663. The van der Waals surface area contributed by atoms with Gasteiger partial charge in [-0.05, 0) is 179 Å². The predicted octanol–water partition coefficient (Wildman–Crippen LogP) is 11.3. The van der Waals surface area contributed by atoms with Crippen LogP contribution in [-0.2, 0) is 64.4 Å². The number of nitrogens with zero attached hydrogens (tertiary/aromatic N) is 8. The summed E-state index contributed by atoms with van der Waals surface area (Å²) >= 11 is 1.41. The van der Waals surface area contributed by atoms with Crippen LogP contribution in [-0.4, -0.2) is 174 Å². The Hall–Kier alpha value is -9.93. The van der Waals surface area contributed by atoms with Gasteiger partial charge in [0.1, 0.15) is 12.4 Å². The average molecular weight is 1510 g/mol. The molecule has 2 aliphatic carbocycles. The number of primary amides is 1. The van der Waals surface area contributed by atoms with E-state index in [2.05, 4.69) is 51.9 Å². The number of rotatable bonds is 35. The minimum Gasteiger partial charge on any atom is -0.481 e. The zero-order chi connectivity index (χ0) is 77.7. The van der Waals surface area contributed by atoms with E-state index in [0.29, 0.717) is 149 Å². The van der Waals surface area contributed by atoms with Gasteiger partial charge in [0.15, 0.2) is 16.6 Å². The lowest BCUT2D eigenvalue weighted by molar-refractivity contribution is -0.180. The summed E-state index contributed by atoms with van der Waals surface area (Å²) in [6.45, 7) is 16.9. The van der Waals surface area contributed by atoms with Gasteiger partial charge < -0.3 is 51.2 Å². The molecular formula is C81H103N13O14S. The third-order valence-corrected chi connectivity index (χ3v) is 23.0. The van der Waals surface area contributed by atoms with E-state index < -0.39 is 47.5 Å². The third kappa shape index (κ3) is 20.7. The third-order valence-electron chi connectivity index (χ3n) is 22.1. The Bertz CT molecular complexity index is 4330. The van der Waals surface area contributed by atoms with Gasteiger partial charge in [0, 0.05) is 124 Å². The zero-order valence-corrected chi connectivity index (χ0v) is 64.1. The first-order chi connectivity index (χ1) is 52.1. The van der Waals surface area contributed by atoms with E-state index in [0.717, 1.165) is 64.0 Å². The van der Waals surface area contributed by atoms with Crippen LogP contribution in [0.3, 0.4) is 0 Å². The first kappa shape index (κ1) is 80.1. The number of likely N-dealkylation sites (tertiary alicyclic amines) is 1. The summed E-state index contributed by atoms with van der Waals surface area (Å²) in [6.07, 6.45) is 12.8. The molecule has 6 heterocycles. The maximum absolute atomic E-state index is 13.9. The molecular weight excluding hydrogens is 1410 g/mol. The molecule has 2 saturated carbocycles. The summed E-state index contributed by atoms with van der Waals surface area (Å²) in [4.78, 5) is 145. The monoisotopic (exact) mass is 1510 g/mol. The van der Waals surface area contributed by atoms with Crippen LogP contribution in [0.4, 0.5) is 26.2 Å². The number of nitrogens with two attached hydrogens (primary N) is 1. The molecule has 4 unspecified atom stereocenters. The number of carboxylic acids is 2. The van der Waals surface area contributed by atoms with Crippen molar-refractivity contribution in [2.24, 2.45) is 34.3 Å². The Morgan fingerprint density at radius 1 is 0.807 bits per heavy atom. The number of unbranched alkanes of at least 4 members (excludes halogenated alkanes) is 2. The van der Waals surface area contributed by atoms with Crippen molar-refractivity contribution in [2.45, 2.75) is 188 Å². The number of aromatic carboxylic acids is 1. The zero-order valence-electron chi connectivity index (χ0n) is 63.3. The van der Waals surface area contributed by atoms with Gasteiger partial charge in [-0.3, -0.25) is 53.4 Å². The van der Waals surface area contributed by atoms with Crippen molar-refractivity contribution in [2.75, 3.05) is 68.0 Å². The lowest BCUT2D eigenvalue weighted by Crippen LogP contribution is -2.56. The first-order valence-electron chi connectivity index (χ1n) is 38.2. The number of ether oxygens (including phenoxy) is 2. The maximum Gasteiger partial charge on any atom is 0.410 e. The molecule has 1 saturated heterocycles. The number of carbonyl (C=O) groups is 10. The van der Waals surface area contributed by atoms with Crippen molar-refractivity contribution in [1.29, 1.82) is 0 Å². The summed E-state index contributed by atoms with van der Waals surface area (Å²) in [6, 6.07) is 22.4. The van der Waals surface area contributed by atoms with E-state index in [1.807, 2.05) is 71.1 Å². The second-order valence-electron chi connectivity index (χ2n) is 31.5. The Morgan fingerprint density at radius 2 is 1.57 bits per heavy atom. The number of piperidine rings is 1. The second kappa shape index (κ2) is 35.6. The molecule has 28 heteroatoms. The van der Waals surface area contributed by atoms with E-state index in [1.165, 1.54) is 23.5 Å². The number of amides is 8. The van der Waals surface area contributed by atoms with Gasteiger partial charge in [-0.15, -0.1) is 0 Å². The van der Waals surface area contributed by atoms with E-state index in [4.69, 9.17) is 25.3 Å². The fourth-order valence-corrected chi connectivity index (χ4v) is 18.4. The number of carbonyl (C=O) groups excluding carboxylic acids is 8. The van der Waals surface area contributed by atoms with Crippen LogP contribution in [0.25, 0.3) is 21.3 Å². The summed E-state index contributed by atoms with van der Waals surface area (Å²) in [5.41, 5.74) is 10.8. The molecule has 6 aromatic rings. The molecule has 27 nitrogen and oxygen atoms in total. The highest BCUT2D eigenvalue weighted by molar-refractivity contribution is 7.22. The van der Waals surface area contributed by atoms with Crippen LogP contribution < -0.4 is 31.9 Å². The second-order valence-corrected chi connectivity index (χ2v) is 32.5. The highest BCUT2D eigenvalue weighted by atomic mass is 32.1. The van der Waals surface area contributed by atoms with Crippen LogP contribution in [0.2, 0.25) is 0 Å². The molecule has 8 amide bonds. The number of hydrogen-bond acceptors (Lipinski definition) is 18. The van der Waals surface area contributed by atoms with Crippen LogP contribution in [0, 0.1) is 35.5 Å². The topological polar surface area (TPSA) is 360 Å². The number of anilines is 3. The molecule has 0 spiro atoms. The SMILES string of the molecule is Cc1c(-c2ccc(N3CCc4cccc(C(=O)Nc5nc6ccccc6s5)c4C3)nc2C(=O)O)cnn1CC1(C)CC2(C)CC(C)CC(OCCN(CCCC(=O)O)C3CCN(C(=O)OCc4ccc(NC(=O)[C@H](CCCNC(N)=O)CC(=O)[C@@H](NC(=O)CCCCCN5C(=O)C=CC5=O)C(C)C)cc4)CC3)(C2)C1. The van der Waals surface area contributed by atoms with Crippen LogP contribution in [0.1, 0.15) is 181 Å². The standard InChI is InChI=1S/C81H103N13O14S/c1-51(2)71(88-67(96)20-8-7-11-35-93-68(97)28-29-69(93)98)64(95)41-56(16-13-33-83-76(82)105)73(101)85-57-24-22-54(23-25-57)46-107-78(106)91-37-31-58(32-38-91)90(34-14-21-70(99)100)39-40-108-81-43-52(3)42-79(5,48-81)47-80(6,49-81)50-94-53(4)61(44-84-94)59-26-27-66(87-72(59)75(103)104)92-36-30-55-15-12-17-60(62(55)45-92)74(102)89-77-86-63-18-9-10-19-65(63)109-77/h9-10,12,15,17-19,22-29,44,51-52,56,58,71H,7-8,11,13-14,16,20-21,30-43,45-50H2,1-6H3,(H,85,101)(H,88,96)(H,99,100)(H,103,104)(H3,82,83,105)(H,86,89,102)/t52?,56-,71+,79?,80?,81?/m1/s1. The van der Waals surface area contributed by atoms with Gasteiger partial charge in [-0.25, -0.2) is 24.4 Å². The number of hydrogen-bond donors (Lipinski definition) is 7. The molecule has 11 rings (SSSR count). The normalized spacial score (nSPS) is 20.4. The lowest BCUT2D eigenvalue weighted by Gasteiger charge is -2.59. The number of aromatic nitrogens is 4. The average Bonchev–Trinajstić information content (AvgIpc) is 1.29. The van der Waals surface area contributed by atoms with Gasteiger partial charge in [0.25, 0.3) is 17.7 Å². The van der Waals surface area contributed by atoms with Gasteiger partial charge in [-0.1, -0.05) is 88.8 Å². The van der Waals surface area contributed by atoms with Gasteiger partial charge in [0.2, 0.25) is 11.8 Å². The van der Waals surface area contributed by atoms with Crippen LogP contribution >= 0.6 is 11.3 Å². The number of thiazole rings is 1. The lowest BCUT2D eigenvalue weighted by atomic mass is 9.51. The number of para-hydroxylation sites is 1. The first-order valence-corrected chi connectivity index (χ1v) is 39.0. The van der Waals surface area contributed by atoms with Crippen molar-refractivity contribution in [3.8, 4) is 11.1 Å². The number of carboxylic acid groups (broad SMARTS) is 2. The molecule has 109 heavy (non-hydrogen) atoms. The number of imide groups is 1. The van der Waals surface area contributed by atoms with E-state index in [1.54, 1.807) is 49.2 Å². The number of Topliss-reactive ketones (excluding diaryl/α,β-unsaturated/α-hetero) is 1. The highest BCUT2D eigenvalue weighted by Crippen LogP contribution is 2.60. The number of nitrogens with one attached hydrogen (secondary N) is 4. The van der Waals surface area contributed by atoms with Crippen molar-refractivity contribution >= 4 is 97.6 Å². The summed E-state index contributed by atoms with van der Waals surface area (Å²) in [7, 11) is 0. The molecule has 6 atom stereocenters. The van der Waals surface area contributed by atoms with Crippen LogP contribution in [0.5, 0.6) is 0 Å². The molecule has 3 aliphatic heterocycles. The minimum absolute atomic E-state index is 0.0213. The van der Waals surface area contributed by atoms with Crippen molar-refractivity contribution in [3.63, 3.8) is 0 Å². The number of benzene rings is 3. The molecule has 3 fully saturated rings. The summed E-state index contributed by atoms with van der Waals surface area (Å²) < 4.78 is 16.1. The largest absolute Gasteiger partial charge is 0.481 e. The van der Waals surface area contributed by atoms with Crippen molar-refractivity contribution < 1.29 is 67.6 Å². The minimum atomic E-state index is -1.16. The highest BCUT2D eigenvalue weighted by Gasteiger charge is 2.56. The number of aliphatic carboxylic acids is 1. The Morgan fingerprint density at radius 3 is 2.29 bits per heavy atom. The van der Waals surface area contributed by atoms with Crippen molar-refractivity contribution in [1.82, 2.24) is 45.1 Å². The van der Waals surface area contributed by atoms with E-state index >= 15 is 0 Å². The van der Waals surface area contributed by atoms with Crippen molar-refractivity contribution in [3.05, 3.63) is 131 Å². The number of fused-ring (bicyclic) bond motifs is 4. The smallest absolute Gasteiger partial charge is 0.410 e. The number of ketones is 1. The molecule has 8 N–H and O–H groups in total. The Labute approximate surface area is 639 Å². The molecule has 5 aliphatic rings. The molecule has 0 radical (unpaired) electrons. The maximum atomic E-state index is 13.9.